The molecular formula is C18H20N2O2S. The standard InChI is InChI=1S/C18H20N2O2S/c1-3-20-15-8-10-23-17(15)12-16(20)18(21)19-9-7-13-5-4-6-14(11-13)22-2/h4-6,8,10-12H,3,7,9H2,1-2H3,(H,19,21). The van der Waals surface area contributed by atoms with Crippen molar-refractivity contribution in [1.29, 1.82) is 0 Å². The van der Waals surface area contributed by atoms with Crippen LogP contribution in [-0.2, 0) is 13.0 Å². The summed E-state index contributed by atoms with van der Waals surface area (Å²) in [6.07, 6.45) is 0.782. The molecule has 1 aromatic carbocycles. The molecule has 0 fully saturated rings. The minimum absolute atomic E-state index is 0.0156. The van der Waals surface area contributed by atoms with Gasteiger partial charge in [-0.3, -0.25) is 4.79 Å². The van der Waals surface area contributed by atoms with E-state index in [0.29, 0.717) is 6.54 Å². The molecule has 0 atom stereocenters. The molecule has 0 radical (unpaired) electrons. The van der Waals surface area contributed by atoms with E-state index < -0.39 is 0 Å². The number of amides is 1. The number of carbonyl (C=O) groups is 1. The summed E-state index contributed by atoms with van der Waals surface area (Å²) in [5.41, 5.74) is 3.02. The molecule has 1 N–H and O–H groups in total. The summed E-state index contributed by atoms with van der Waals surface area (Å²) >= 11 is 1.67. The smallest absolute Gasteiger partial charge is 0.267 e. The molecule has 3 rings (SSSR count). The molecule has 0 unspecified atom stereocenters. The normalized spacial score (nSPS) is 10.9. The van der Waals surface area contributed by atoms with Crippen LogP contribution >= 0.6 is 11.3 Å². The van der Waals surface area contributed by atoms with Gasteiger partial charge < -0.3 is 14.6 Å². The van der Waals surface area contributed by atoms with Crippen LogP contribution in [0.25, 0.3) is 10.2 Å². The van der Waals surface area contributed by atoms with Gasteiger partial charge >= 0.3 is 0 Å². The third-order valence-electron chi connectivity index (χ3n) is 3.91. The number of thiophene rings is 1. The molecule has 0 aliphatic carbocycles. The molecular weight excluding hydrogens is 308 g/mol. The number of aromatic nitrogens is 1. The van der Waals surface area contributed by atoms with E-state index in [1.165, 1.54) is 0 Å². The lowest BCUT2D eigenvalue weighted by Crippen LogP contribution is -2.27. The van der Waals surface area contributed by atoms with Crippen LogP contribution in [-0.4, -0.2) is 24.1 Å². The van der Waals surface area contributed by atoms with E-state index in [1.54, 1.807) is 18.4 Å². The largest absolute Gasteiger partial charge is 0.497 e. The van der Waals surface area contributed by atoms with Gasteiger partial charge in [0.05, 0.1) is 17.3 Å². The molecule has 4 nitrogen and oxygen atoms in total. The van der Waals surface area contributed by atoms with Crippen molar-refractivity contribution in [2.24, 2.45) is 0 Å². The first-order chi connectivity index (χ1) is 11.2. The van der Waals surface area contributed by atoms with E-state index in [2.05, 4.69) is 28.3 Å². The Bertz CT molecular complexity index is 819. The molecule has 2 heterocycles. The number of methoxy groups -OCH3 is 1. The summed E-state index contributed by atoms with van der Waals surface area (Å²) in [7, 11) is 1.66. The highest BCUT2D eigenvalue weighted by Crippen LogP contribution is 2.25. The number of nitrogens with zero attached hydrogens (tertiary/aromatic N) is 1. The number of hydrogen-bond acceptors (Lipinski definition) is 3. The number of hydrogen-bond donors (Lipinski definition) is 1. The first-order valence-corrected chi connectivity index (χ1v) is 8.58. The van der Waals surface area contributed by atoms with E-state index in [1.807, 2.05) is 30.3 Å². The topological polar surface area (TPSA) is 43.3 Å². The first-order valence-electron chi connectivity index (χ1n) is 7.70. The van der Waals surface area contributed by atoms with Crippen molar-refractivity contribution in [1.82, 2.24) is 9.88 Å². The third-order valence-corrected chi connectivity index (χ3v) is 4.76. The van der Waals surface area contributed by atoms with Gasteiger partial charge in [-0.25, -0.2) is 0 Å². The number of fused-ring (bicyclic) bond motifs is 1. The zero-order valence-electron chi connectivity index (χ0n) is 13.3. The van der Waals surface area contributed by atoms with Gasteiger partial charge in [0.2, 0.25) is 0 Å². The summed E-state index contributed by atoms with van der Waals surface area (Å²) in [4.78, 5) is 12.5. The van der Waals surface area contributed by atoms with Crippen LogP contribution in [0.15, 0.2) is 41.8 Å². The lowest BCUT2D eigenvalue weighted by atomic mass is 10.1. The fourth-order valence-corrected chi connectivity index (χ4v) is 3.57. The van der Waals surface area contributed by atoms with Gasteiger partial charge in [0.25, 0.3) is 5.91 Å². The van der Waals surface area contributed by atoms with Crippen LogP contribution in [0.4, 0.5) is 0 Å². The maximum atomic E-state index is 12.5. The van der Waals surface area contributed by atoms with Gasteiger partial charge in [0.1, 0.15) is 11.4 Å². The molecule has 0 aliphatic rings. The molecule has 0 spiro atoms. The highest BCUT2D eigenvalue weighted by molar-refractivity contribution is 7.17. The Labute approximate surface area is 139 Å². The Balaban J connectivity index is 1.65. The molecule has 0 saturated carbocycles. The Morgan fingerprint density at radius 2 is 2.17 bits per heavy atom. The number of rotatable bonds is 6. The number of ether oxygens (including phenoxy) is 1. The molecule has 120 valence electrons. The SMILES string of the molecule is CCn1c(C(=O)NCCc2cccc(OC)c2)cc2sccc21. The highest BCUT2D eigenvalue weighted by Gasteiger charge is 2.14. The van der Waals surface area contributed by atoms with Crippen molar-refractivity contribution in [3.05, 3.63) is 53.0 Å². The Morgan fingerprint density at radius 1 is 1.30 bits per heavy atom. The van der Waals surface area contributed by atoms with E-state index in [0.717, 1.165) is 40.2 Å². The van der Waals surface area contributed by atoms with Gasteiger partial charge in [-0.15, -0.1) is 11.3 Å². The van der Waals surface area contributed by atoms with Crippen molar-refractivity contribution in [3.63, 3.8) is 0 Å². The van der Waals surface area contributed by atoms with Crippen molar-refractivity contribution < 1.29 is 9.53 Å². The molecule has 0 saturated heterocycles. The van der Waals surface area contributed by atoms with Gasteiger partial charge in [0, 0.05) is 13.1 Å². The highest BCUT2D eigenvalue weighted by atomic mass is 32.1. The Kier molecular flexibility index (Phi) is 4.67. The maximum absolute atomic E-state index is 12.5. The third kappa shape index (κ3) is 3.24. The fraction of sp³-hybridized carbons (Fsp3) is 0.278. The van der Waals surface area contributed by atoms with Gasteiger partial charge in [0.15, 0.2) is 0 Å². The van der Waals surface area contributed by atoms with Gasteiger partial charge in [-0.1, -0.05) is 12.1 Å². The lowest BCUT2D eigenvalue weighted by Gasteiger charge is -2.09. The first kappa shape index (κ1) is 15.6. The van der Waals surface area contributed by atoms with Crippen molar-refractivity contribution in [2.45, 2.75) is 19.9 Å². The van der Waals surface area contributed by atoms with E-state index in [-0.39, 0.29) is 5.91 Å². The van der Waals surface area contributed by atoms with Crippen LogP contribution < -0.4 is 10.1 Å². The Hall–Kier alpha value is -2.27. The van der Waals surface area contributed by atoms with Crippen molar-refractivity contribution >= 4 is 27.5 Å². The molecule has 0 bridgehead atoms. The summed E-state index contributed by atoms with van der Waals surface area (Å²) in [5, 5.41) is 5.07. The quantitative estimate of drug-likeness (QED) is 0.750. The summed E-state index contributed by atoms with van der Waals surface area (Å²) < 4.78 is 8.44. The molecule has 3 aromatic rings. The van der Waals surface area contributed by atoms with Gasteiger partial charge in [-0.05, 0) is 48.6 Å². The second kappa shape index (κ2) is 6.87. The second-order valence-electron chi connectivity index (χ2n) is 5.30. The second-order valence-corrected chi connectivity index (χ2v) is 6.25. The molecule has 0 aliphatic heterocycles. The Morgan fingerprint density at radius 3 is 2.96 bits per heavy atom. The van der Waals surface area contributed by atoms with E-state index >= 15 is 0 Å². The number of aryl methyl sites for hydroxylation is 1. The zero-order valence-corrected chi connectivity index (χ0v) is 14.2. The summed E-state index contributed by atoms with van der Waals surface area (Å²) in [6.45, 7) is 3.46. The number of nitrogens with one attached hydrogen (secondary N) is 1. The molecule has 1 amide bonds. The fourth-order valence-electron chi connectivity index (χ4n) is 2.74. The summed E-state index contributed by atoms with van der Waals surface area (Å²) in [6, 6.07) is 12.0. The number of carbonyl (C=O) groups excluding carboxylic acids is 1. The van der Waals surface area contributed by atoms with Crippen molar-refractivity contribution in [3.8, 4) is 5.75 Å². The monoisotopic (exact) mass is 328 g/mol. The van der Waals surface area contributed by atoms with Gasteiger partial charge in [-0.2, -0.15) is 0 Å². The average Bonchev–Trinajstić information content (AvgIpc) is 3.15. The van der Waals surface area contributed by atoms with Crippen LogP contribution in [0.2, 0.25) is 0 Å². The average molecular weight is 328 g/mol. The maximum Gasteiger partial charge on any atom is 0.267 e. The van der Waals surface area contributed by atoms with E-state index in [9.17, 15) is 4.79 Å². The zero-order chi connectivity index (χ0) is 16.2. The van der Waals surface area contributed by atoms with Crippen LogP contribution in [0.5, 0.6) is 5.75 Å². The number of benzene rings is 1. The minimum Gasteiger partial charge on any atom is -0.497 e. The predicted molar refractivity (Wildman–Crippen MR) is 94.5 cm³/mol. The molecule has 5 heteroatoms. The predicted octanol–water partition coefficient (Wildman–Crippen LogP) is 3.70. The summed E-state index contributed by atoms with van der Waals surface area (Å²) in [5.74, 6) is 0.826. The molecule has 23 heavy (non-hydrogen) atoms. The lowest BCUT2D eigenvalue weighted by molar-refractivity contribution is 0.0945. The molecule has 2 aromatic heterocycles. The van der Waals surface area contributed by atoms with Crippen LogP contribution in [0, 0.1) is 0 Å². The van der Waals surface area contributed by atoms with E-state index in [4.69, 9.17) is 4.74 Å². The van der Waals surface area contributed by atoms with Crippen LogP contribution in [0.3, 0.4) is 0 Å². The van der Waals surface area contributed by atoms with Crippen molar-refractivity contribution in [2.75, 3.05) is 13.7 Å². The van der Waals surface area contributed by atoms with Crippen LogP contribution in [0.1, 0.15) is 23.0 Å². The minimum atomic E-state index is -0.0156.